The molecular formula is C22H28ClN3O3S. The predicted molar refractivity (Wildman–Crippen MR) is 119 cm³/mol. The van der Waals surface area contributed by atoms with Gasteiger partial charge in [0.25, 0.3) is 5.91 Å². The van der Waals surface area contributed by atoms with Crippen LogP contribution in [0.4, 0.5) is 0 Å². The summed E-state index contributed by atoms with van der Waals surface area (Å²) in [5.74, 6) is -0.301. The van der Waals surface area contributed by atoms with Crippen LogP contribution in [0, 0.1) is 0 Å². The first kappa shape index (κ1) is 22.7. The lowest BCUT2D eigenvalue weighted by molar-refractivity contribution is 0.0937. The average molecular weight is 450 g/mol. The van der Waals surface area contributed by atoms with E-state index in [2.05, 4.69) is 27.1 Å². The van der Waals surface area contributed by atoms with E-state index < -0.39 is 15.6 Å². The van der Waals surface area contributed by atoms with Crippen molar-refractivity contribution in [1.82, 2.24) is 14.9 Å². The van der Waals surface area contributed by atoms with Crippen LogP contribution in [0.25, 0.3) is 0 Å². The van der Waals surface area contributed by atoms with Crippen LogP contribution in [0.5, 0.6) is 0 Å². The van der Waals surface area contributed by atoms with Crippen LogP contribution < -0.4 is 10.0 Å². The van der Waals surface area contributed by atoms with Gasteiger partial charge in [0.15, 0.2) is 0 Å². The zero-order valence-electron chi connectivity index (χ0n) is 17.5. The number of nitrogens with zero attached hydrogens (tertiary/aromatic N) is 1. The Kier molecular flexibility index (Phi) is 6.87. The molecule has 2 aromatic carbocycles. The number of carbonyl (C=O) groups excluding carboxylic acids is 1. The molecule has 1 unspecified atom stereocenters. The van der Waals surface area contributed by atoms with E-state index in [0.717, 1.165) is 26.1 Å². The Bertz CT molecular complexity index is 1000. The van der Waals surface area contributed by atoms with E-state index in [1.807, 2.05) is 18.2 Å². The summed E-state index contributed by atoms with van der Waals surface area (Å²) in [7, 11) is -3.85. The number of amides is 1. The Morgan fingerprint density at radius 3 is 2.53 bits per heavy atom. The Labute approximate surface area is 183 Å². The first-order chi connectivity index (χ1) is 14.0. The molecule has 3 rings (SSSR count). The first-order valence-electron chi connectivity index (χ1n) is 9.94. The van der Waals surface area contributed by atoms with Gasteiger partial charge in [0, 0.05) is 36.8 Å². The molecule has 1 fully saturated rings. The number of benzene rings is 2. The summed E-state index contributed by atoms with van der Waals surface area (Å²) in [5, 5.41) is 3.10. The van der Waals surface area contributed by atoms with E-state index >= 15 is 0 Å². The van der Waals surface area contributed by atoms with Gasteiger partial charge in [0.05, 0.1) is 5.02 Å². The topological polar surface area (TPSA) is 78.5 Å². The average Bonchev–Trinajstić information content (AvgIpc) is 3.07. The zero-order valence-corrected chi connectivity index (χ0v) is 19.1. The zero-order chi connectivity index (χ0) is 21.9. The summed E-state index contributed by atoms with van der Waals surface area (Å²) < 4.78 is 27.9. The SMILES string of the molecule is CC(C)(C)NS(=O)(=O)c1cc(C(=O)NC2CCN(Cc3ccccc3)C2)ccc1Cl. The van der Waals surface area contributed by atoms with Gasteiger partial charge in [-0.15, -0.1) is 0 Å². The van der Waals surface area contributed by atoms with Crippen molar-refractivity contribution in [3.05, 3.63) is 64.7 Å². The van der Waals surface area contributed by atoms with Crippen molar-refractivity contribution in [2.75, 3.05) is 13.1 Å². The molecule has 1 saturated heterocycles. The van der Waals surface area contributed by atoms with Gasteiger partial charge in [-0.1, -0.05) is 41.9 Å². The molecule has 1 aliphatic heterocycles. The molecule has 2 N–H and O–H groups in total. The van der Waals surface area contributed by atoms with E-state index in [0.29, 0.717) is 0 Å². The minimum absolute atomic E-state index is 0.0182. The van der Waals surface area contributed by atoms with Gasteiger partial charge < -0.3 is 5.32 Å². The lowest BCUT2D eigenvalue weighted by Gasteiger charge is -2.21. The maximum atomic E-state index is 12.8. The molecule has 1 heterocycles. The maximum absolute atomic E-state index is 12.8. The molecule has 162 valence electrons. The summed E-state index contributed by atoms with van der Waals surface area (Å²) in [6.45, 7) is 7.73. The molecule has 0 spiro atoms. The van der Waals surface area contributed by atoms with E-state index in [1.54, 1.807) is 26.8 Å². The minimum atomic E-state index is -3.85. The molecule has 0 radical (unpaired) electrons. The smallest absolute Gasteiger partial charge is 0.251 e. The molecule has 0 aromatic heterocycles. The van der Waals surface area contributed by atoms with Gasteiger partial charge in [-0.3, -0.25) is 9.69 Å². The highest BCUT2D eigenvalue weighted by molar-refractivity contribution is 7.89. The van der Waals surface area contributed by atoms with Crippen LogP contribution >= 0.6 is 11.6 Å². The Morgan fingerprint density at radius 2 is 1.87 bits per heavy atom. The first-order valence-corrected chi connectivity index (χ1v) is 11.8. The fourth-order valence-corrected chi connectivity index (χ4v) is 5.46. The third-order valence-electron chi connectivity index (χ3n) is 4.78. The minimum Gasteiger partial charge on any atom is -0.348 e. The van der Waals surface area contributed by atoms with Gasteiger partial charge in [-0.05, 0) is 51.0 Å². The lowest BCUT2D eigenvalue weighted by Crippen LogP contribution is -2.40. The van der Waals surface area contributed by atoms with E-state index in [4.69, 9.17) is 11.6 Å². The van der Waals surface area contributed by atoms with Crippen LogP contribution in [0.1, 0.15) is 43.1 Å². The van der Waals surface area contributed by atoms with Crippen molar-refractivity contribution >= 4 is 27.5 Å². The van der Waals surface area contributed by atoms with Crippen molar-refractivity contribution < 1.29 is 13.2 Å². The molecule has 8 heteroatoms. The van der Waals surface area contributed by atoms with Gasteiger partial charge in [-0.25, -0.2) is 13.1 Å². The Balaban J connectivity index is 1.66. The molecule has 1 aliphatic rings. The van der Waals surface area contributed by atoms with Crippen molar-refractivity contribution in [2.24, 2.45) is 0 Å². The number of hydrogen-bond acceptors (Lipinski definition) is 4. The monoisotopic (exact) mass is 449 g/mol. The summed E-state index contributed by atoms with van der Waals surface area (Å²) in [4.78, 5) is 15.0. The van der Waals surface area contributed by atoms with E-state index in [1.165, 1.54) is 17.7 Å². The van der Waals surface area contributed by atoms with Crippen molar-refractivity contribution in [3.8, 4) is 0 Å². The van der Waals surface area contributed by atoms with Gasteiger partial charge in [-0.2, -0.15) is 0 Å². The predicted octanol–water partition coefficient (Wildman–Crippen LogP) is 3.42. The normalized spacial score (nSPS) is 17.8. The van der Waals surface area contributed by atoms with Gasteiger partial charge in [0.2, 0.25) is 10.0 Å². The fourth-order valence-electron chi connectivity index (χ4n) is 3.51. The van der Waals surface area contributed by atoms with Gasteiger partial charge in [0.1, 0.15) is 4.90 Å². The highest BCUT2D eigenvalue weighted by atomic mass is 35.5. The quantitative estimate of drug-likeness (QED) is 0.708. The molecule has 2 aromatic rings. The molecule has 1 atom stereocenters. The molecule has 0 aliphatic carbocycles. The third-order valence-corrected chi connectivity index (χ3v) is 7.02. The van der Waals surface area contributed by atoms with Crippen LogP contribution in [-0.4, -0.2) is 43.9 Å². The number of hydrogen-bond donors (Lipinski definition) is 2. The molecule has 6 nitrogen and oxygen atoms in total. The summed E-state index contributed by atoms with van der Waals surface area (Å²) in [6, 6.07) is 14.6. The second-order valence-electron chi connectivity index (χ2n) is 8.68. The largest absolute Gasteiger partial charge is 0.348 e. The highest BCUT2D eigenvalue weighted by Gasteiger charge is 2.27. The molecule has 0 saturated carbocycles. The Hall–Kier alpha value is -1.93. The van der Waals surface area contributed by atoms with Crippen LogP contribution in [0.15, 0.2) is 53.4 Å². The number of halogens is 1. The summed E-state index contributed by atoms with van der Waals surface area (Å²) in [6.07, 6.45) is 0.850. The molecule has 0 bridgehead atoms. The van der Waals surface area contributed by atoms with Gasteiger partial charge >= 0.3 is 0 Å². The number of likely N-dealkylation sites (tertiary alicyclic amines) is 1. The van der Waals surface area contributed by atoms with Crippen LogP contribution in [-0.2, 0) is 16.6 Å². The van der Waals surface area contributed by atoms with Crippen molar-refractivity contribution in [1.29, 1.82) is 0 Å². The van der Waals surface area contributed by atoms with Crippen LogP contribution in [0.2, 0.25) is 5.02 Å². The molecule has 1 amide bonds. The third kappa shape index (κ3) is 6.04. The lowest BCUT2D eigenvalue weighted by atomic mass is 10.1. The van der Waals surface area contributed by atoms with Crippen LogP contribution in [0.3, 0.4) is 0 Å². The Morgan fingerprint density at radius 1 is 1.17 bits per heavy atom. The fraction of sp³-hybridized carbons (Fsp3) is 0.409. The maximum Gasteiger partial charge on any atom is 0.251 e. The number of sulfonamides is 1. The second-order valence-corrected chi connectivity index (χ2v) is 10.7. The number of rotatable bonds is 6. The summed E-state index contributed by atoms with van der Waals surface area (Å²) in [5.41, 5.74) is 0.852. The van der Waals surface area contributed by atoms with Crippen molar-refractivity contribution in [2.45, 2.75) is 50.2 Å². The molecule has 30 heavy (non-hydrogen) atoms. The summed E-state index contributed by atoms with van der Waals surface area (Å²) >= 11 is 6.12. The van der Waals surface area contributed by atoms with Crippen molar-refractivity contribution in [3.63, 3.8) is 0 Å². The van der Waals surface area contributed by atoms with E-state index in [-0.39, 0.29) is 27.4 Å². The standard InChI is InChI=1S/C22H28ClN3O3S/c1-22(2,3)25-30(28,29)20-13-17(9-10-19(20)23)21(27)24-18-11-12-26(15-18)14-16-7-5-4-6-8-16/h4-10,13,18,25H,11-12,14-15H2,1-3H3,(H,24,27). The number of carbonyl (C=O) groups is 1. The second kappa shape index (κ2) is 9.06. The highest BCUT2D eigenvalue weighted by Crippen LogP contribution is 2.24. The number of nitrogens with one attached hydrogen (secondary N) is 2. The molecular weight excluding hydrogens is 422 g/mol. The van der Waals surface area contributed by atoms with E-state index in [9.17, 15) is 13.2 Å².